The summed E-state index contributed by atoms with van der Waals surface area (Å²) in [6.07, 6.45) is 1.60. The summed E-state index contributed by atoms with van der Waals surface area (Å²) in [5.41, 5.74) is 3.93. The van der Waals surface area contributed by atoms with E-state index in [1.165, 1.54) is 6.92 Å². The Bertz CT molecular complexity index is 1320. The summed E-state index contributed by atoms with van der Waals surface area (Å²) < 4.78 is 0. The van der Waals surface area contributed by atoms with E-state index in [1.54, 1.807) is 18.5 Å². The summed E-state index contributed by atoms with van der Waals surface area (Å²) >= 11 is 0. The van der Waals surface area contributed by atoms with Crippen LogP contribution in [-0.4, -0.2) is 57.9 Å². The number of carbonyl (C=O) groups is 2. The lowest BCUT2D eigenvalue weighted by atomic mass is 10.2. The third kappa shape index (κ3) is 6.11. The van der Waals surface area contributed by atoms with Crippen molar-refractivity contribution in [3.63, 3.8) is 0 Å². The van der Waals surface area contributed by atoms with Gasteiger partial charge >= 0.3 is 0 Å². The predicted octanol–water partition coefficient (Wildman–Crippen LogP) is 2.72. The molecule has 35 heavy (non-hydrogen) atoms. The summed E-state index contributed by atoms with van der Waals surface area (Å²) in [6, 6.07) is 15.1. The number of aromatic amines is 1. The minimum absolute atomic E-state index is 0.0788. The Morgan fingerprint density at radius 3 is 2.26 bits per heavy atom. The van der Waals surface area contributed by atoms with Gasteiger partial charge in [0.15, 0.2) is 5.82 Å². The second-order valence-corrected chi connectivity index (χ2v) is 7.96. The van der Waals surface area contributed by atoms with Crippen LogP contribution in [0, 0.1) is 6.92 Å². The smallest absolute Gasteiger partial charge is 0.251 e. The van der Waals surface area contributed by atoms with Crippen molar-refractivity contribution in [3.8, 4) is 11.4 Å². The molecular formula is C25H28N8O2. The number of anilines is 2. The summed E-state index contributed by atoms with van der Waals surface area (Å²) in [6.45, 7) is 5.32. The SMILES string of the molecule is CC(=O)NCCNc1nc(-c2ccccc2)nc(NCCNC(=O)c2ccc3[nH]cnc3c2)c1C. The van der Waals surface area contributed by atoms with Crippen molar-refractivity contribution < 1.29 is 9.59 Å². The van der Waals surface area contributed by atoms with Crippen LogP contribution < -0.4 is 21.3 Å². The highest BCUT2D eigenvalue weighted by Crippen LogP contribution is 2.25. The van der Waals surface area contributed by atoms with Crippen LogP contribution in [0.1, 0.15) is 22.8 Å². The van der Waals surface area contributed by atoms with Gasteiger partial charge in [0.2, 0.25) is 5.91 Å². The van der Waals surface area contributed by atoms with E-state index >= 15 is 0 Å². The molecule has 10 heteroatoms. The molecule has 2 aromatic carbocycles. The van der Waals surface area contributed by atoms with Crippen LogP contribution in [0.3, 0.4) is 0 Å². The first-order chi connectivity index (χ1) is 17.0. The maximum atomic E-state index is 12.5. The number of hydrogen-bond donors (Lipinski definition) is 5. The number of aromatic nitrogens is 4. The maximum Gasteiger partial charge on any atom is 0.251 e. The molecule has 5 N–H and O–H groups in total. The number of amides is 2. The van der Waals surface area contributed by atoms with E-state index in [0.29, 0.717) is 49.2 Å². The number of rotatable bonds is 10. The van der Waals surface area contributed by atoms with Gasteiger partial charge < -0.3 is 26.3 Å². The van der Waals surface area contributed by atoms with Gasteiger partial charge in [0, 0.05) is 49.8 Å². The van der Waals surface area contributed by atoms with Gasteiger partial charge in [-0.25, -0.2) is 15.0 Å². The van der Waals surface area contributed by atoms with E-state index in [-0.39, 0.29) is 11.8 Å². The number of fused-ring (bicyclic) bond motifs is 1. The maximum absolute atomic E-state index is 12.5. The number of nitrogens with one attached hydrogen (secondary N) is 5. The average molecular weight is 473 g/mol. The number of benzene rings is 2. The molecule has 2 amide bonds. The minimum atomic E-state index is -0.165. The van der Waals surface area contributed by atoms with E-state index in [1.807, 2.05) is 43.3 Å². The van der Waals surface area contributed by atoms with Gasteiger partial charge in [-0.1, -0.05) is 30.3 Å². The molecule has 2 heterocycles. The molecule has 4 rings (SSSR count). The fraction of sp³-hybridized carbons (Fsp3) is 0.240. The molecule has 0 saturated heterocycles. The van der Waals surface area contributed by atoms with Gasteiger partial charge in [0.25, 0.3) is 5.91 Å². The molecule has 10 nitrogen and oxygen atoms in total. The largest absolute Gasteiger partial charge is 0.368 e. The molecule has 0 atom stereocenters. The molecule has 0 bridgehead atoms. The number of H-pyrrole nitrogens is 1. The fourth-order valence-corrected chi connectivity index (χ4v) is 3.53. The first kappa shape index (κ1) is 23.7. The van der Waals surface area contributed by atoms with Crippen molar-refractivity contribution in [2.45, 2.75) is 13.8 Å². The zero-order valence-corrected chi connectivity index (χ0v) is 19.7. The third-order valence-electron chi connectivity index (χ3n) is 5.36. The molecule has 0 radical (unpaired) electrons. The molecule has 0 aliphatic carbocycles. The van der Waals surface area contributed by atoms with Crippen LogP contribution >= 0.6 is 0 Å². The van der Waals surface area contributed by atoms with Crippen LogP contribution in [0.2, 0.25) is 0 Å². The normalized spacial score (nSPS) is 10.7. The van der Waals surface area contributed by atoms with Crippen LogP contribution in [-0.2, 0) is 4.79 Å². The molecule has 4 aromatic rings. The summed E-state index contributed by atoms with van der Waals surface area (Å²) in [5, 5.41) is 12.3. The first-order valence-corrected chi connectivity index (χ1v) is 11.4. The standard InChI is InChI=1S/C25H28N8O2/c1-16-22(27-11-10-26-17(2)34)32-24(18-6-4-3-5-7-18)33-23(16)28-12-13-29-25(35)19-8-9-20-21(14-19)31-15-30-20/h3-9,14-15H,10-13H2,1-2H3,(H,26,34)(H,29,35)(H,30,31)(H2,27,28,32,33). The highest BCUT2D eigenvalue weighted by atomic mass is 16.2. The average Bonchev–Trinajstić information content (AvgIpc) is 3.34. The van der Waals surface area contributed by atoms with E-state index in [0.717, 1.165) is 22.2 Å². The first-order valence-electron chi connectivity index (χ1n) is 11.4. The predicted molar refractivity (Wildman–Crippen MR) is 136 cm³/mol. The Morgan fingerprint density at radius 1 is 0.886 bits per heavy atom. The fourth-order valence-electron chi connectivity index (χ4n) is 3.53. The van der Waals surface area contributed by atoms with Crippen molar-refractivity contribution >= 4 is 34.5 Å². The molecule has 0 saturated carbocycles. The molecule has 0 aliphatic heterocycles. The Morgan fingerprint density at radius 2 is 1.57 bits per heavy atom. The number of imidazole rings is 1. The molecule has 0 unspecified atom stereocenters. The lowest BCUT2D eigenvalue weighted by Gasteiger charge is -2.16. The minimum Gasteiger partial charge on any atom is -0.368 e. The highest BCUT2D eigenvalue weighted by molar-refractivity contribution is 5.97. The topological polar surface area (TPSA) is 137 Å². The number of nitrogens with zero attached hydrogens (tertiary/aromatic N) is 3. The van der Waals surface area contributed by atoms with Gasteiger partial charge in [-0.05, 0) is 25.1 Å². The lowest BCUT2D eigenvalue weighted by molar-refractivity contribution is -0.118. The van der Waals surface area contributed by atoms with Crippen LogP contribution in [0.4, 0.5) is 11.6 Å². The van der Waals surface area contributed by atoms with Gasteiger partial charge in [-0.15, -0.1) is 0 Å². The Hall–Kier alpha value is -4.47. The number of carbonyl (C=O) groups excluding carboxylic acids is 2. The summed E-state index contributed by atoms with van der Waals surface area (Å²) in [4.78, 5) is 40.3. The second kappa shape index (κ2) is 11.1. The van der Waals surface area contributed by atoms with Crippen molar-refractivity contribution in [1.82, 2.24) is 30.6 Å². The quantitative estimate of drug-likeness (QED) is 0.224. The van der Waals surface area contributed by atoms with Gasteiger partial charge in [-0.3, -0.25) is 9.59 Å². The molecular weight excluding hydrogens is 444 g/mol. The summed E-state index contributed by atoms with van der Waals surface area (Å²) in [5.74, 6) is 1.69. The zero-order chi connectivity index (χ0) is 24.6. The molecule has 0 aliphatic rings. The summed E-state index contributed by atoms with van der Waals surface area (Å²) in [7, 11) is 0. The highest BCUT2D eigenvalue weighted by Gasteiger charge is 2.13. The number of hydrogen-bond acceptors (Lipinski definition) is 7. The third-order valence-corrected chi connectivity index (χ3v) is 5.36. The van der Waals surface area contributed by atoms with E-state index in [4.69, 9.17) is 4.98 Å². The Balaban J connectivity index is 1.41. The monoisotopic (exact) mass is 472 g/mol. The van der Waals surface area contributed by atoms with E-state index in [9.17, 15) is 9.59 Å². The van der Waals surface area contributed by atoms with Crippen molar-refractivity contribution in [2.75, 3.05) is 36.8 Å². The molecule has 0 fully saturated rings. The van der Waals surface area contributed by atoms with Crippen molar-refractivity contribution in [2.24, 2.45) is 0 Å². The van der Waals surface area contributed by atoms with Crippen molar-refractivity contribution in [3.05, 3.63) is 66.0 Å². The second-order valence-electron chi connectivity index (χ2n) is 7.96. The van der Waals surface area contributed by atoms with Gasteiger partial charge in [0.05, 0.1) is 17.4 Å². The van der Waals surface area contributed by atoms with Crippen LogP contribution in [0.15, 0.2) is 54.9 Å². The van der Waals surface area contributed by atoms with Crippen LogP contribution in [0.25, 0.3) is 22.4 Å². The Kier molecular flexibility index (Phi) is 7.51. The van der Waals surface area contributed by atoms with Crippen molar-refractivity contribution in [1.29, 1.82) is 0 Å². The molecule has 0 spiro atoms. The lowest BCUT2D eigenvalue weighted by Crippen LogP contribution is -2.29. The zero-order valence-electron chi connectivity index (χ0n) is 19.7. The Labute approximate surface area is 203 Å². The van der Waals surface area contributed by atoms with Gasteiger partial charge in [-0.2, -0.15) is 0 Å². The van der Waals surface area contributed by atoms with E-state index < -0.39 is 0 Å². The van der Waals surface area contributed by atoms with E-state index in [2.05, 4.69) is 36.2 Å². The molecule has 180 valence electrons. The van der Waals surface area contributed by atoms with Crippen LogP contribution in [0.5, 0.6) is 0 Å². The molecule has 2 aromatic heterocycles. The van der Waals surface area contributed by atoms with Gasteiger partial charge in [0.1, 0.15) is 11.6 Å².